The first-order valence-electron chi connectivity index (χ1n) is 7.11. The monoisotopic (exact) mass is 304 g/mol. The normalized spacial score (nSPS) is 10.7. The molecule has 0 radical (unpaired) electrons. The number of primary amides is 1. The van der Waals surface area contributed by atoms with Gasteiger partial charge in [0.25, 0.3) is 11.8 Å². The van der Waals surface area contributed by atoms with Crippen molar-refractivity contribution in [3.63, 3.8) is 0 Å². The number of carbonyl (C=O) groups is 2. The number of anilines is 1. The van der Waals surface area contributed by atoms with Crippen LogP contribution in [0.3, 0.4) is 0 Å². The summed E-state index contributed by atoms with van der Waals surface area (Å²) in [5.41, 5.74) is 7.58. The fraction of sp³-hybridized carbons (Fsp3) is 0.429. The van der Waals surface area contributed by atoms with Gasteiger partial charge in [0.1, 0.15) is 0 Å². The minimum Gasteiger partial charge on any atom is -0.364 e. The van der Waals surface area contributed by atoms with Crippen molar-refractivity contribution < 1.29 is 9.59 Å². The number of aromatic nitrogens is 4. The van der Waals surface area contributed by atoms with Crippen molar-refractivity contribution in [2.24, 2.45) is 5.73 Å². The van der Waals surface area contributed by atoms with Crippen LogP contribution < -0.4 is 11.1 Å². The first-order valence-corrected chi connectivity index (χ1v) is 7.11. The molecule has 0 atom stereocenters. The van der Waals surface area contributed by atoms with E-state index in [-0.39, 0.29) is 11.6 Å². The highest BCUT2D eigenvalue weighted by molar-refractivity contribution is 6.09. The molecule has 8 heteroatoms. The number of nitrogens with zero attached hydrogens (tertiary/aromatic N) is 4. The second-order valence-corrected chi connectivity index (χ2v) is 4.93. The molecule has 0 spiro atoms. The van der Waals surface area contributed by atoms with Gasteiger partial charge in [-0.15, -0.1) is 0 Å². The molecule has 0 bridgehead atoms. The highest BCUT2D eigenvalue weighted by atomic mass is 16.2. The van der Waals surface area contributed by atoms with Gasteiger partial charge in [0.15, 0.2) is 5.69 Å². The zero-order valence-corrected chi connectivity index (χ0v) is 13.2. The van der Waals surface area contributed by atoms with E-state index in [1.165, 1.54) is 0 Å². The maximum Gasteiger partial charge on any atom is 0.271 e. The van der Waals surface area contributed by atoms with Crippen molar-refractivity contribution in [1.29, 1.82) is 0 Å². The summed E-state index contributed by atoms with van der Waals surface area (Å²) in [4.78, 5) is 23.9. The standard InChI is InChI=1S/C14H20N6O2/c1-5-19-7-10(12(18-19)13(15)21)16-14(22)11-8(3)17-20(6-2)9(11)4/h7H,5-6H2,1-4H3,(H2,15,21)(H,16,22). The first kappa shape index (κ1) is 15.7. The molecule has 2 aromatic rings. The van der Waals surface area contributed by atoms with Crippen LogP contribution in [0.15, 0.2) is 6.20 Å². The summed E-state index contributed by atoms with van der Waals surface area (Å²) >= 11 is 0. The third-order valence-electron chi connectivity index (χ3n) is 3.48. The van der Waals surface area contributed by atoms with E-state index in [0.717, 1.165) is 5.69 Å². The number of rotatable bonds is 5. The summed E-state index contributed by atoms with van der Waals surface area (Å²) < 4.78 is 3.31. The van der Waals surface area contributed by atoms with Crippen LogP contribution in [0.5, 0.6) is 0 Å². The second kappa shape index (κ2) is 6.00. The highest BCUT2D eigenvalue weighted by Gasteiger charge is 2.21. The lowest BCUT2D eigenvalue weighted by Gasteiger charge is -2.05. The molecule has 3 N–H and O–H groups in total. The fourth-order valence-electron chi connectivity index (χ4n) is 2.38. The Morgan fingerprint density at radius 3 is 2.41 bits per heavy atom. The van der Waals surface area contributed by atoms with Crippen LogP contribution in [-0.4, -0.2) is 31.4 Å². The third kappa shape index (κ3) is 2.72. The van der Waals surface area contributed by atoms with E-state index in [9.17, 15) is 9.59 Å². The molecule has 0 aliphatic rings. The minimum atomic E-state index is -0.680. The van der Waals surface area contributed by atoms with Crippen LogP contribution >= 0.6 is 0 Å². The molecule has 0 unspecified atom stereocenters. The van der Waals surface area contributed by atoms with Crippen LogP contribution in [-0.2, 0) is 13.1 Å². The summed E-state index contributed by atoms with van der Waals surface area (Å²) in [6, 6.07) is 0. The van der Waals surface area contributed by atoms with Crippen LogP contribution in [0, 0.1) is 13.8 Å². The Balaban J connectivity index is 2.35. The lowest BCUT2D eigenvalue weighted by atomic mass is 10.2. The minimum absolute atomic E-state index is 0.0494. The molecule has 2 aromatic heterocycles. The average Bonchev–Trinajstić information content (AvgIpc) is 2.99. The molecule has 0 aromatic carbocycles. The molecule has 118 valence electrons. The first-order chi connectivity index (χ1) is 10.4. The average molecular weight is 304 g/mol. The number of nitrogens with one attached hydrogen (secondary N) is 1. The molecule has 0 aliphatic carbocycles. The maximum atomic E-state index is 12.5. The van der Waals surface area contributed by atoms with Crippen molar-refractivity contribution in [3.8, 4) is 0 Å². The number of nitrogens with two attached hydrogens (primary N) is 1. The molecule has 0 saturated heterocycles. The smallest absolute Gasteiger partial charge is 0.271 e. The molecule has 22 heavy (non-hydrogen) atoms. The van der Waals surface area contributed by atoms with Crippen molar-refractivity contribution in [2.75, 3.05) is 5.32 Å². The largest absolute Gasteiger partial charge is 0.364 e. The van der Waals surface area contributed by atoms with E-state index in [2.05, 4.69) is 15.5 Å². The van der Waals surface area contributed by atoms with Crippen molar-refractivity contribution in [1.82, 2.24) is 19.6 Å². The molecule has 0 saturated carbocycles. The highest BCUT2D eigenvalue weighted by Crippen LogP contribution is 2.18. The number of carbonyl (C=O) groups excluding carboxylic acids is 2. The summed E-state index contributed by atoms with van der Waals surface area (Å²) in [5.74, 6) is -1.01. The topological polar surface area (TPSA) is 108 Å². The zero-order valence-electron chi connectivity index (χ0n) is 13.2. The van der Waals surface area contributed by atoms with Gasteiger partial charge in [0.2, 0.25) is 0 Å². The number of aryl methyl sites for hydroxylation is 3. The van der Waals surface area contributed by atoms with Gasteiger partial charge >= 0.3 is 0 Å². The fourth-order valence-corrected chi connectivity index (χ4v) is 2.38. The van der Waals surface area contributed by atoms with E-state index in [1.807, 2.05) is 20.8 Å². The SMILES string of the molecule is CCn1cc(NC(=O)c2c(C)nn(CC)c2C)c(C(N)=O)n1. The number of hydrogen-bond donors (Lipinski definition) is 2. The summed E-state index contributed by atoms with van der Waals surface area (Å²) in [6.07, 6.45) is 1.59. The zero-order chi connectivity index (χ0) is 16.4. The van der Waals surface area contributed by atoms with Gasteiger partial charge in [-0.2, -0.15) is 10.2 Å². The van der Waals surface area contributed by atoms with E-state index in [0.29, 0.717) is 30.0 Å². The van der Waals surface area contributed by atoms with E-state index in [1.54, 1.807) is 22.5 Å². The van der Waals surface area contributed by atoms with Crippen molar-refractivity contribution in [3.05, 3.63) is 28.8 Å². The van der Waals surface area contributed by atoms with Crippen LogP contribution in [0.2, 0.25) is 0 Å². The summed E-state index contributed by atoms with van der Waals surface area (Å²) in [5, 5.41) is 11.1. The second-order valence-electron chi connectivity index (χ2n) is 4.93. The summed E-state index contributed by atoms with van der Waals surface area (Å²) in [7, 11) is 0. The van der Waals surface area contributed by atoms with Crippen molar-refractivity contribution in [2.45, 2.75) is 40.8 Å². The molecule has 0 aliphatic heterocycles. The number of amides is 2. The number of hydrogen-bond acceptors (Lipinski definition) is 4. The molecule has 0 fully saturated rings. The lowest BCUT2D eigenvalue weighted by Crippen LogP contribution is -2.18. The summed E-state index contributed by atoms with van der Waals surface area (Å²) in [6.45, 7) is 8.70. The quantitative estimate of drug-likeness (QED) is 0.861. The molecule has 2 rings (SSSR count). The van der Waals surface area contributed by atoms with Gasteiger partial charge in [-0.25, -0.2) is 0 Å². The molecular formula is C14H20N6O2. The van der Waals surface area contributed by atoms with Crippen molar-refractivity contribution >= 4 is 17.5 Å². The van der Waals surface area contributed by atoms with Gasteiger partial charge in [-0.1, -0.05) is 0 Å². The maximum absolute atomic E-state index is 12.5. The predicted octanol–water partition coefficient (Wildman–Crippen LogP) is 1.09. The van der Waals surface area contributed by atoms with E-state index < -0.39 is 5.91 Å². The van der Waals surface area contributed by atoms with E-state index in [4.69, 9.17) is 5.73 Å². The van der Waals surface area contributed by atoms with E-state index >= 15 is 0 Å². The van der Waals surface area contributed by atoms with Gasteiger partial charge in [0.05, 0.1) is 16.9 Å². The van der Waals surface area contributed by atoms with Crippen LogP contribution in [0.4, 0.5) is 5.69 Å². The van der Waals surface area contributed by atoms with Gasteiger partial charge < -0.3 is 11.1 Å². The van der Waals surface area contributed by atoms with Gasteiger partial charge in [-0.05, 0) is 27.7 Å². The molecular weight excluding hydrogens is 284 g/mol. The third-order valence-corrected chi connectivity index (χ3v) is 3.48. The molecule has 2 heterocycles. The Bertz CT molecular complexity index is 728. The predicted molar refractivity (Wildman–Crippen MR) is 81.7 cm³/mol. The Morgan fingerprint density at radius 1 is 1.23 bits per heavy atom. The molecule has 2 amide bonds. The Labute approximate surface area is 128 Å². The Morgan fingerprint density at radius 2 is 1.91 bits per heavy atom. The van der Waals surface area contributed by atoms with Crippen LogP contribution in [0.25, 0.3) is 0 Å². The molecule has 8 nitrogen and oxygen atoms in total. The van der Waals surface area contributed by atoms with Crippen LogP contribution in [0.1, 0.15) is 46.1 Å². The van der Waals surface area contributed by atoms with Gasteiger partial charge in [0, 0.05) is 25.0 Å². The van der Waals surface area contributed by atoms with Gasteiger partial charge in [-0.3, -0.25) is 19.0 Å². The lowest BCUT2D eigenvalue weighted by molar-refractivity contribution is 0.0995. The Kier molecular flexibility index (Phi) is 4.30. The Hall–Kier alpha value is -2.64.